The lowest BCUT2D eigenvalue weighted by Crippen LogP contribution is -2.43. The van der Waals surface area contributed by atoms with Crippen molar-refractivity contribution >= 4 is 17.5 Å². The van der Waals surface area contributed by atoms with Gasteiger partial charge in [0.05, 0.1) is 11.6 Å². The van der Waals surface area contributed by atoms with E-state index in [0.29, 0.717) is 35.9 Å². The van der Waals surface area contributed by atoms with Crippen molar-refractivity contribution < 1.29 is 9.84 Å². The maximum atomic E-state index is 9.75. The summed E-state index contributed by atoms with van der Waals surface area (Å²) in [4.78, 5) is 10.7. The molecule has 1 fully saturated rings. The molecule has 0 atom stereocenters. The Morgan fingerprint density at radius 3 is 2.84 bits per heavy atom. The molecule has 2 heterocycles. The highest BCUT2D eigenvalue weighted by molar-refractivity contribution is 6.32. The molecule has 1 aliphatic heterocycles. The Balaban J connectivity index is 1.88. The van der Waals surface area contributed by atoms with Gasteiger partial charge in [-0.2, -0.15) is 4.98 Å². The van der Waals surface area contributed by atoms with Gasteiger partial charge in [0.1, 0.15) is 5.75 Å². The minimum atomic E-state index is -0.0185. The van der Waals surface area contributed by atoms with Crippen LogP contribution in [0.4, 0.5) is 5.95 Å². The number of nitrogens with one attached hydrogen (secondary N) is 1. The summed E-state index contributed by atoms with van der Waals surface area (Å²) in [6, 6.07) is 7.60. The molecule has 0 aliphatic carbocycles. The highest BCUT2D eigenvalue weighted by Crippen LogP contribution is 2.28. The third kappa shape index (κ3) is 4.52. The summed E-state index contributed by atoms with van der Waals surface area (Å²) in [5, 5.41) is 13.7. The van der Waals surface area contributed by atoms with Gasteiger partial charge in [0.2, 0.25) is 11.8 Å². The molecule has 0 spiro atoms. The molecule has 134 valence electrons. The predicted octanol–water partition coefficient (Wildman–Crippen LogP) is 2.99. The second-order valence-electron chi connectivity index (χ2n) is 6.02. The molecule has 1 aliphatic rings. The molecule has 6 nitrogen and oxygen atoms in total. The van der Waals surface area contributed by atoms with E-state index in [1.165, 1.54) is 6.07 Å². The molecular weight excluding hydrogens is 340 g/mol. The van der Waals surface area contributed by atoms with Gasteiger partial charge in [-0.05, 0) is 50.6 Å². The van der Waals surface area contributed by atoms with Crippen LogP contribution in [0.5, 0.6) is 11.6 Å². The van der Waals surface area contributed by atoms with Gasteiger partial charge in [0.15, 0.2) is 0 Å². The number of piperidine rings is 1. The summed E-state index contributed by atoms with van der Waals surface area (Å²) in [7, 11) is 0. The number of nitrogens with zero attached hydrogens (tertiary/aromatic N) is 3. The van der Waals surface area contributed by atoms with E-state index < -0.39 is 0 Å². The zero-order valence-corrected chi connectivity index (χ0v) is 15.0. The third-order valence-corrected chi connectivity index (χ3v) is 4.60. The van der Waals surface area contributed by atoms with Crippen LogP contribution in [0.25, 0.3) is 0 Å². The Labute approximate surface area is 152 Å². The van der Waals surface area contributed by atoms with E-state index in [4.69, 9.17) is 16.3 Å². The summed E-state index contributed by atoms with van der Waals surface area (Å²) in [6.45, 7) is 5.06. The largest absolute Gasteiger partial charge is 0.493 e. The number of aromatic hydroxyl groups is 1. The molecule has 0 radical (unpaired) electrons. The molecule has 0 amide bonds. The van der Waals surface area contributed by atoms with E-state index in [1.807, 2.05) is 25.1 Å². The van der Waals surface area contributed by atoms with Crippen LogP contribution < -0.4 is 15.0 Å². The van der Waals surface area contributed by atoms with Crippen LogP contribution in [0.15, 0.2) is 30.5 Å². The SMILES string of the molecule is CCOc1cc(CN(c2nccc(O)n2)C2CCNCC2)ccc1Cl. The lowest BCUT2D eigenvalue weighted by molar-refractivity contribution is 0.340. The van der Waals surface area contributed by atoms with Crippen molar-refractivity contribution in [2.75, 3.05) is 24.6 Å². The maximum absolute atomic E-state index is 9.75. The van der Waals surface area contributed by atoms with Gasteiger partial charge in [-0.25, -0.2) is 4.98 Å². The molecule has 0 bridgehead atoms. The number of halogens is 1. The summed E-state index contributed by atoms with van der Waals surface area (Å²) < 4.78 is 5.60. The van der Waals surface area contributed by atoms with E-state index in [-0.39, 0.29) is 5.88 Å². The first kappa shape index (κ1) is 17.8. The van der Waals surface area contributed by atoms with E-state index >= 15 is 0 Å². The van der Waals surface area contributed by atoms with E-state index in [0.717, 1.165) is 31.5 Å². The van der Waals surface area contributed by atoms with Crippen LogP contribution in [-0.2, 0) is 6.54 Å². The van der Waals surface area contributed by atoms with Crippen LogP contribution in [0.1, 0.15) is 25.3 Å². The Morgan fingerprint density at radius 2 is 2.12 bits per heavy atom. The third-order valence-electron chi connectivity index (χ3n) is 4.28. The lowest BCUT2D eigenvalue weighted by atomic mass is 10.0. The average molecular weight is 363 g/mol. The minimum Gasteiger partial charge on any atom is -0.493 e. The standard InChI is InChI=1S/C18H23ClN4O2/c1-2-25-16-11-13(3-4-15(16)19)12-23(14-5-8-20-9-6-14)18-21-10-7-17(24)22-18/h3-4,7,10-11,14,20H,2,5-6,8-9,12H2,1H3,(H,21,22,24). The average Bonchev–Trinajstić information content (AvgIpc) is 2.63. The van der Waals surface area contributed by atoms with Crippen molar-refractivity contribution in [1.29, 1.82) is 0 Å². The molecule has 25 heavy (non-hydrogen) atoms. The Bertz CT molecular complexity index is 707. The summed E-state index contributed by atoms with van der Waals surface area (Å²) in [5.74, 6) is 1.21. The van der Waals surface area contributed by atoms with Crippen LogP contribution in [0, 0.1) is 0 Å². The van der Waals surface area contributed by atoms with Gasteiger partial charge < -0.3 is 20.1 Å². The Hall–Kier alpha value is -2.05. The van der Waals surface area contributed by atoms with Gasteiger partial charge in [-0.3, -0.25) is 0 Å². The van der Waals surface area contributed by atoms with Gasteiger partial charge in [-0.1, -0.05) is 17.7 Å². The normalized spacial score (nSPS) is 15.1. The molecule has 0 unspecified atom stereocenters. The van der Waals surface area contributed by atoms with E-state index in [1.54, 1.807) is 6.20 Å². The number of hydrogen-bond acceptors (Lipinski definition) is 6. The number of rotatable bonds is 6. The highest BCUT2D eigenvalue weighted by atomic mass is 35.5. The number of ether oxygens (including phenoxy) is 1. The predicted molar refractivity (Wildman–Crippen MR) is 98.4 cm³/mol. The monoisotopic (exact) mass is 362 g/mol. The molecule has 1 saturated heterocycles. The van der Waals surface area contributed by atoms with Crippen LogP contribution in [0.2, 0.25) is 5.02 Å². The topological polar surface area (TPSA) is 70.5 Å². The molecule has 1 aromatic heterocycles. The van der Waals surface area contributed by atoms with Gasteiger partial charge in [0, 0.05) is 24.8 Å². The fourth-order valence-electron chi connectivity index (χ4n) is 3.07. The number of benzene rings is 1. The van der Waals surface area contributed by atoms with Crippen molar-refractivity contribution in [3.8, 4) is 11.6 Å². The van der Waals surface area contributed by atoms with Crippen molar-refractivity contribution in [1.82, 2.24) is 15.3 Å². The van der Waals surface area contributed by atoms with Gasteiger partial charge >= 0.3 is 0 Å². The lowest BCUT2D eigenvalue weighted by Gasteiger charge is -2.34. The molecular formula is C18H23ClN4O2. The van der Waals surface area contributed by atoms with Crippen LogP contribution in [-0.4, -0.2) is 40.8 Å². The molecule has 2 N–H and O–H groups in total. The zero-order valence-electron chi connectivity index (χ0n) is 14.3. The van der Waals surface area contributed by atoms with Gasteiger partial charge in [0.25, 0.3) is 0 Å². The first-order valence-electron chi connectivity index (χ1n) is 8.58. The van der Waals surface area contributed by atoms with E-state index in [2.05, 4.69) is 20.2 Å². The molecule has 1 aromatic carbocycles. The smallest absolute Gasteiger partial charge is 0.229 e. The van der Waals surface area contributed by atoms with Crippen molar-refractivity contribution in [2.45, 2.75) is 32.4 Å². The van der Waals surface area contributed by atoms with Crippen molar-refractivity contribution in [3.63, 3.8) is 0 Å². The summed E-state index contributed by atoms with van der Waals surface area (Å²) in [5.41, 5.74) is 1.07. The Kier molecular flexibility index (Phi) is 5.94. The minimum absolute atomic E-state index is 0.0185. The zero-order chi connectivity index (χ0) is 17.6. The highest BCUT2D eigenvalue weighted by Gasteiger charge is 2.24. The Morgan fingerprint density at radius 1 is 1.32 bits per heavy atom. The van der Waals surface area contributed by atoms with Crippen molar-refractivity contribution in [3.05, 3.63) is 41.0 Å². The summed E-state index contributed by atoms with van der Waals surface area (Å²) in [6.07, 6.45) is 3.59. The first-order valence-corrected chi connectivity index (χ1v) is 8.95. The van der Waals surface area contributed by atoms with Crippen LogP contribution in [0.3, 0.4) is 0 Å². The number of anilines is 1. The number of aromatic nitrogens is 2. The maximum Gasteiger partial charge on any atom is 0.229 e. The fraction of sp³-hybridized carbons (Fsp3) is 0.444. The summed E-state index contributed by atoms with van der Waals surface area (Å²) >= 11 is 6.19. The fourth-order valence-corrected chi connectivity index (χ4v) is 3.24. The molecule has 7 heteroatoms. The number of hydrogen-bond donors (Lipinski definition) is 2. The van der Waals surface area contributed by atoms with Crippen molar-refractivity contribution in [2.24, 2.45) is 0 Å². The van der Waals surface area contributed by atoms with Gasteiger partial charge in [-0.15, -0.1) is 0 Å². The molecule has 3 rings (SSSR count). The van der Waals surface area contributed by atoms with Crippen LogP contribution >= 0.6 is 11.6 Å². The second-order valence-corrected chi connectivity index (χ2v) is 6.43. The molecule has 2 aromatic rings. The second kappa shape index (κ2) is 8.36. The first-order chi connectivity index (χ1) is 12.2. The molecule has 0 saturated carbocycles. The quantitative estimate of drug-likeness (QED) is 0.823. The van der Waals surface area contributed by atoms with E-state index in [9.17, 15) is 5.11 Å².